The van der Waals surface area contributed by atoms with E-state index in [9.17, 15) is 5.11 Å². The first-order valence-corrected chi connectivity index (χ1v) is 6.12. The van der Waals surface area contributed by atoms with Crippen LogP contribution in [0, 0.1) is 13.8 Å². The van der Waals surface area contributed by atoms with Gasteiger partial charge in [-0.2, -0.15) is 0 Å². The molecule has 0 amide bonds. The van der Waals surface area contributed by atoms with E-state index in [2.05, 4.69) is 32.0 Å². The Labute approximate surface area is 97.8 Å². The number of hydrogen-bond donors (Lipinski definition) is 1. The van der Waals surface area contributed by atoms with Gasteiger partial charge in [0, 0.05) is 0 Å². The van der Waals surface area contributed by atoms with Gasteiger partial charge in [0.2, 0.25) is 0 Å². The Kier molecular flexibility index (Phi) is 3.45. The van der Waals surface area contributed by atoms with Crippen LogP contribution in [0.15, 0.2) is 24.3 Å². The fraction of sp³-hybridized carbons (Fsp3) is 0.467. The first-order chi connectivity index (χ1) is 7.65. The second-order valence-electron chi connectivity index (χ2n) is 4.88. The Bertz CT molecular complexity index is 384. The fourth-order valence-electron chi connectivity index (χ4n) is 2.47. The SMILES string of the molecule is Cc1cc(C)cc(C2=CC(O)CCCC2)c1. The van der Waals surface area contributed by atoms with E-state index in [1.54, 1.807) is 0 Å². The van der Waals surface area contributed by atoms with Crippen molar-refractivity contribution in [3.05, 3.63) is 41.0 Å². The Morgan fingerprint density at radius 1 is 1.06 bits per heavy atom. The molecular weight excluding hydrogens is 196 g/mol. The molecule has 0 saturated heterocycles. The van der Waals surface area contributed by atoms with Crippen molar-refractivity contribution in [1.29, 1.82) is 0 Å². The van der Waals surface area contributed by atoms with Crippen LogP contribution < -0.4 is 0 Å². The van der Waals surface area contributed by atoms with Crippen LogP contribution in [0.1, 0.15) is 42.4 Å². The van der Waals surface area contributed by atoms with Crippen molar-refractivity contribution in [2.45, 2.75) is 45.6 Å². The monoisotopic (exact) mass is 216 g/mol. The molecule has 1 heteroatoms. The Hall–Kier alpha value is -1.08. The lowest BCUT2D eigenvalue weighted by Gasteiger charge is -2.09. The molecule has 0 bridgehead atoms. The van der Waals surface area contributed by atoms with E-state index in [4.69, 9.17) is 0 Å². The zero-order valence-electron chi connectivity index (χ0n) is 10.2. The number of hydrogen-bond acceptors (Lipinski definition) is 1. The summed E-state index contributed by atoms with van der Waals surface area (Å²) in [4.78, 5) is 0. The quantitative estimate of drug-likeness (QED) is 0.760. The molecule has 1 aromatic rings. The van der Waals surface area contributed by atoms with Crippen LogP contribution in [0.5, 0.6) is 0 Å². The molecular formula is C15H20O. The van der Waals surface area contributed by atoms with Gasteiger partial charge in [0.1, 0.15) is 0 Å². The van der Waals surface area contributed by atoms with E-state index in [1.165, 1.54) is 28.7 Å². The summed E-state index contributed by atoms with van der Waals surface area (Å²) in [5, 5.41) is 9.78. The van der Waals surface area contributed by atoms with Crippen molar-refractivity contribution in [3.8, 4) is 0 Å². The third kappa shape index (κ3) is 2.73. The lowest BCUT2D eigenvalue weighted by molar-refractivity contribution is 0.211. The standard InChI is InChI=1S/C15H20O/c1-11-7-12(2)9-14(8-11)13-5-3-4-6-15(16)10-13/h7-10,15-16H,3-6H2,1-2H3. The first-order valence-electron chi connectivity index (χ1n) is 6.12. The van der Waals surface area contributed by atoms with Gasteiger partial charge in [-0.3, -0.25) is 0 Å². The molecule has 0 aliphatic heterocycles. The largest absolute Gasteiger partial charge is 0.389 e. The van der Waals surface area contributed by atoms with Gasteiger partial charge in [-0.1, -0.05) is 41.8 Å². The van der Waals surface area contributed by atoms with Crippen LogP contribution in [0.2, 0.25) is 0 Å². The molecule has 0 radical (unpaired) electrons. The van der Waals surface area contributed by atoms with Gasteiger partial charge >= 0.3 is 0 Å². The van der Waals surface area contributed by atoms with Crippen LogP contribution in [-0.4, -0.2) is 11.2 Å². The Morgan fingerprint density at radius 2 is 1.75 bits per heavy atom. The highest BCUT2D eigenvalue weighted by Crippen LogP contribution is 2.27. The molecule has 2 rings (SSSR count). The molecule has 0 aromatic heterocycles. The highest BCUT2D eigenvalue weighted by Gasteiger charge is 2.11. The zero-order chi connectivity index (χ0) is 11.5. The van der Waals surface area contributed by atoms with Gasteiger partial charge in [0.15, 0.2) is 0 Å². The minimum atomic E-state index is -0.252. The van der Waals surface area contributed by atoms with Crippen molar-refractivity contribution in [2.75, 3.05) is 0 Å². The van der Waals surface area contributed by atoms with Crippen molar-refractivity contribution in [1.82, 2.24) is 0 Å². The van der Waals surface area contributed by atoms with Gasteiger partial charge in [-0.15, -0.1) is 0 Å². The second-order valence-corrected chi connectivity index (χ2v) is 4.88. The molecule has 1 aromatic carbocycles. The number of aliphatic hydroxyl groups is 1. The molecule has 1 N–H and O–H groups in total. The molecule has 86 valence electrons. The first kappa shape index (κ1) is 11.4. The Balaban J connectivity index is 2.34. The van der Waals surface area contributed by atoms with E-state index >= 15 is 0 Å². The molecule has 16 heavy (non-hydrogen) atoms. The van der Waals surface area contributed by atoms with E-state index in [0.717, 1.165) is 19.3 Å². The summed E-state index contributed by atoms with van der Waals surface area (Å²) < 4.78 is 0. The molecule has 0 saturated carbocycles. The van der Waals surface area contributed by atoms with Crippen molar-refractivity contribution in [2.24, 2.45) is 0 Å². The average molecular weight is 216 g/mol. The number of allylic oxidation sites excluding steroid dienone is 1. The molecule has 0 fully saturated rings. The lowest BCUT2D eigenvalue weighted by Crippen LogP contribution is -2.00. The highest BCUT2D eigenvalue weighted by molar-refractivity contribution is 5.67. The van der Waals surface area contributed by atoms with Crippen LogP contribution in [0.3, 0.4) is 0 Å². The number of aryl methyl sites for hydroxylation is 2. The molecule has 1 aliphatic rings. The smallest absolute Gasteiger partial charge is 0.0726 e. The van der Waals surface area contributed by atoms with Crippen molar-refractivity contribution >= 4 is 5.57 Å². The maximum Gasteiger partial charge on any atom is 0.0726 e. The van der Waals surface area contributed by atoms with Crippen LogP contribution in [0.4, 0.5) is 0 Å². The zero-order valence-corrected chi connectivity index (χ0v) is 10.2. The minimum Gasteiger partial charge on any atom is -0.389 e. The van der Waals surface area contributed by atoms with Gasteiger partial charge in [0.05, 0.1) is 6.10 Å². The summed E-state index contributed by atoms with van der Waals surface area (Å²) in [7, 11) is 0. The summed E-state index contributed by atoms with van der Waals surface area (Å²) >= 11 is 0. The van der Waals surface area contributed by atoms with Crippen LogP contribution in [0.25, 0.3) is 5.57 Å². The Morgan fingerprint density at radius 3 is 2.44 bits per heavy atom. The van der Waals surface area contributed by atoms with Crippen molar-refractivity contribution in [3.63, 3.8) is 0 Å². The normalized spacial score (nSPS) is 21.4. The van der Waals surface area contributed by atoms with Gasteiger partial charge < -0.3 is 5.11 Å². The number of benzene rings is 1. The molecule has 1 nitrogen and oxygen atoms in total. The summed E-state index contributed by atoms with van der Waals surface area (Å²) in [6.45, 7) is 4.26. The molecule has 0 heterocycles. The predicted octanol–water partition coefficient (Wildman–Crippen LogP) is 3.62. The van der Waals surface area contributed by atoms with Gasteiger partial charge in [-0.25, -0.2) is 0 Å². The van der Waals surface area contributed by atoms with E-state index < -0.39 is 0 Å². The third-order valence-electron chi connectivity index (χ3n) is 3.18. The van der Waals surface area contributed by atoms with Crippen molar-refractivity contribution < 1.29 is 5.11 Å². The number of rotatable bonds is 1. The summed E-state index contributed by atoms with van der Waals surface area (Å²) in [5.74, 6) is 0. The minimum absolute atomic E-state index is 0.252. The second kappa shape index (κ2) is 4.84. The number of aliphatic hydroxyl groups excluding tert-OH is 1. The third-order valence-corrected chi connectivity index (χ3v) is 3.18. The summed E-state index contributed by atoms with van der Waals surface area (Å²) in [6, 6.07) is 6.63. The topological polar surface area (TPSA) is 20.2 Å². The van der Waals surface area contributed by atoms with E-state index in [-0.39, 0.29) is 6.10 Å². The van der Waals surface area contributed by atoms with E-state index in [0.29, 0.717) is 0 Å². The molecule has 0 spiro atoms. The summed E-state index contributed by atoms with van der Waals surface area (Å²) in [5.41, 5.74) is 5.21. The van der Waals surface area contributed by atoms with E-state index in [1.807, 2.05) is 6.08 Å². The predicted molar refractivity (Wildman–Crippen MR) is 68.4 cm³/mol. The lowest BCUT2D eigenvalue weighted by atomic mass is 9.97. The fourth-order valence-corrected chi connectivity index (χ4v) is 2.47. The van der Waals surface area contributed by atoms with Gasteiger partial charge in [0.25, 0.3) is 0 Å². The van der Waals surface area contributed by atoms with Gasteiger partial charge in [-0.05, 0) is 44.2 Å². The maximum absolute atomic E-state index is 9.78. The summed E-state index contributed by atoms with van der Waals surface area (Å²) in [6.07, 6.45) is 6.12. The molecule has 1 atom stereocenters. The molecule has 1 aliphatic carbocycles. The maximum atomic E-state index is 9.78. The van der Waals surface area contributed by atoms with Crippen LogP contribution in [-0.2, 0) is 0 Å². The molecule has 1 unspecified atom stereocenters. The highest BCUT2D eigenvalue weighted by atomic mass is 16.3. The van der Waals surface area contributed by atoms with Crippen LogP contribution >= 0.6 is 0 Å². The average Bonchev–Trinajstić information content (AvgIpc) is 2.41.